The molecule has 16 heavy (non-hydrogen) atoms. The van der Waals surface area contributed by atoms with Crippen molar-refractivity contribution < 1.29 is 9.47 Å². The minimum Gasteiger partial charge on any atom is -0.349 e. The van der Waals surface area contributed by atoms with E-state index in [2.05, 4.69) is 40.3 Å². The van der Waals surface area contributed by atoms with E-state index in [1.807, 2.05) is 0 Å². The van der Waals surface area contributed by atoms with Gasteiger partial charge in [-0.05, 0) is 11.3 Å². The SMILES string of the molecule is C=C[C@]1(C)CC2(C[C@@H]1C)OCC(C)(C)CO2. The Morgan fingerprint density at radius 3 is 2.19 bits per heavy atom. The van der Waals surface area contributed by atoms with E-state index in [0.29, 0.717) is 5.92 Å². The molecule has 0 aromatic carbocycles. The van der Waals surface area contributed by atoms with Gasteiger partial charge in [0.25, 0.3) is 0 Å². The van der Waals surface area contributed by atoms with Crippen molar-refractivity contribution in [3.8, 4) is 0 Å². The summed E-state index contributed by atoms with van der Waals surface area (Å²) in [6.07, 6.45) is 4.01. The van der Waals surface area contributed by atoms with Gasteiger partial charge in [-0.25, -0.2) is 0 Å². The number of ether oxygens (including phenoxy) is 2. The second-order valence-corrected chi connectivity index (χ2v) is 6.64. The summed E-state index contributed by atoms with van der Waals surface area (Å²) in [7, 11) is 0. The van der Waals surface area contributed by atoms with Gasteiger partial charge in [0, 0.05) is 18.3 Å². The van der Waals surface area contributed by atoms with Gasteiger partial charge in [-0.2, -0.15) is 0 Å². The highest BCUT2D eigenvalue weighted by Crippen LogP contribution is 2.53. The third-order valence-electron chi connectivity index (χ3n) is 4.31. The molecule has 2 nitrogen and oxygen atoms in total. The van der Waals surface area contributed by atoms with Crippen LogP contribution < -0.4 is 0 Å². The lowest BCUT2D eigenvalue weighted by molar-refractivity contribution is -0.297. The molecule has 2 atom stereocenters. The second kappa shape index (κ2) is 3.58. The fourth-order valence-corrected chi connectivity index (χ4v) is 2.76. The zero-order valence-corrected chi connectivity index (χ0v) is 11.0. The molecule has 2 heteroatoms. The quantitative estimate of drug-likeness (QED) is 0.636. The fourth-order valence-electron chi connectivity index (χ4n) is 2.76. The third kappa shape index (κ3) is 1.93. The molecule has 1 saturated carbocycles. The lowest BCUT2D eigenvalue weighted by atomic mass is 9.81. The van der Waals surface area contributed by atoms with Crippen LogP contribution in [0.5, 0.6) is 0 Å². The van der Waals surface area contributed by atoms with Gasteiger partial charge in [0.15, 0.2) is 5.79 Å². The lowest BCUT2D eigenvalue weighted by Gasteiger charge is -2.42. The van der Waals surface area contributed by atoms with Gasteiger partial charge in [-0.1, -0.05) is 33.8 Å². The molecule has 0 radical (unpaired) electrons. The largest absolute Gasteiger partial charge is 0.349 e. The highest BCUT2D eigenvalue weighted by atomic mass is 16.7. The van der Waals surface area contributed by atoms with Crippen LogP contribution in [0.15, 0.2) is 12.7 Å². The predicted molar refractivity (Wildman–Crippen MR) is 65.1 cm³/mol. The van der Waals surface area contributed by atoms with E-state index < -0.39 is 0 Å². The van der Waals surface area contributed by atoms with Gasteiger partial charge >= 0.3 is 0 Å². The zero-order valence-electron chi connectivity index (χ0n) is 11.0. The van der Waals surface area contributed by atoms with Crippen LogP contribution in [0.2, 0.25) is 0 Å². The first-order chi connectivity index (χ1) is 7.31. The summed E-state index contributed by atoms with van der Waals surface area (Å²) < 4.78 is 12.1. The topological polar surface area (TPSA) is 18.5 Å². The number of rotatable bonds is 1. The van der Waals surface area contributed by atoms with Crippen LogP contribution >= 0.6 is 0 Å². The molecule has 2 rings (SSSR count). The predicted octanol–water partition coefficient (Wildman–Crippen LogP) is 3.38. The Morgan fingerprint density at radius 1 is 1.19 bits per heavy atom. The van der Waals surface area contributed by atoms with E-state index in [0.717, 1.165) is 26.1 Å². The first-order valence-corrected chi connectivity index (χ1v) is 6.22. The van der Waals surface area contributed by atoms with Crippen LogP contribution in [0.1, 0.15) is 40.5 Å². The van der Waals surface area contributed by atoms with Crippen LogP contribution in [-0.4, -0.2) is 19.0 Å². The standard InChI is InChI=1S/C14H24O2/c1-6-13(5)8-14(7-11(13)2)15-9-12(3,4)10-16-14/h6,11H,1,7-10H2,2-5H3/t11-,13+/m0/s1. The highest BCUT2D eigenvalue weighted by Gasteiger charge is 2.53. The average Bonchev–Trinajstić information content (AvgIpc) is 2.47. The summed E-state index contributed by atoms with van der Waals surface area (Å²) in [6.45, 7) is 14.5. The van der Waals surface area contributed by atoms with Gasteiger partial charge < -0.3 is 9.47 Å². The van der Waals surface area contributed by atoms with E-state index in [-0.39, 0.29) is 16.6 Å². The molecule has 0 unspecified atom stereocenters. The summed E-state index contributed by atoms with van der Waals surface area (Å²) in [5.41, 5.74) is 0.309. The second-order valence-electron chi connectivity index (χ2n) is 6.64. The average molecular weight is 224 g/mol. The van der Waals surface area contributed by atoms with Crippen molar-refractivity contribution in [3.63, 3.8) is 0 Å². The third-order valence-corrected chi connectivity index (χ3v) is 4.31. The molecule has 1 saturated heterocycles. The molecule has 0 aromatic heterocycles. The zero-order chi connectivity index (χ0) is 12.0. The van der Waals surface area contributed by atoms with Crippen molar-refractivity contribution in [2.45, 2.75) is 46.3 Å². The summed E-state index contributed by atoms with van der Waals surface area (Å²) in [5, 5.41) is 0. The fraction of sp³-hybridized carbons (Fsp3) is 0.857. The summed E-state index contributed by atoms with van der Waals surface area (Å²) >= 11 is 0. The van der Waals surface area contributed by atoms with E-state index >= 15 is 0 Å². The lowest BCUT2D eigenvalue weighted by Crippen LogP contribution is -2.46. The molecule has 0 aromatic rings. The monoisotopic (exact) mass is 224 g/mol. The van der Waals surface area contributed by atoms with E-state index in [4.69, 9.17) is 9.47 Å². The molecule has 92 valence electrons. The molecule has 2 fully saturated rings. The Kier molecular flexibility index (Phi) is 2.71. The molecule has 1 spiro atoms. The van der Waals surface area contributed by atoms with Gasteiger partial charge in [0.2, 0.25) is 0 Å². The van der Waals surface area contributed by atoms with Crippen molar-refractivity contribution in [1.82, 2.24) is 0 Å². The van der Waals surface area contributed by atoms with Crippen LogP contribution in [0, 0.1) is 16.7 Å². The van der Waals surface area contributed by atoms with Crippen LogP contribution in [0.4, 0.5) is 0 Å². The first-order valence-electron chi connectivity index (χ1n) is 6.22. The van der Waals surface area contributed by atoms with Crippen LogP contribution in [0.3, 0.4) is 0 Å². The van der Waals surface area contributed by atoms with Crippen molar-refractivity contribution in [1.29, 1.82) is 0 Å². The van der Waals surface area contributed by atoms with Gasteiger partial charge in [-0.15, -0.1) is 6.58 Å². The van der Waals surface area contributed by atoms with E-state index in [9.17, 15) is 0 Å². The molecule has 0 amide bonds. The normalized spacial score (nSPS) is 41.1. The molecular formula is C14H24O2. The maximum absolute atomic E-state index is 6.04. The van der Waals surface area contributed by atoms with Crippen molar-refractivity contribution >= 4 is 0 Å². The highest BCUT2D eigenvalue weighted by molar-refractivity contribution is 5.06. The summed E-state index contributed by atoms with van der Waals surface area (Å²) in [5.74, 6) is 0.240. The Bertz CT molecular complexity index is 285. The molecule has 0 bridgehead atoms. The van der Waals surface area contributed by atoms with Crippen LogP contribution in [-0.2, 0) is 9.47 Å². The van der Waals surface area contributed by atoms with Crippen molar-refractivity contribution in [2.75, 3.05) is 13.2 Å². The van der Waals surface area contributed by atoms with Crippen molar-refractivity contribution in [2.24, 2.45) is 16.7 Å². The molecule has 1 aliphatic heterocycles. The summed E-state index contributed by atoms with van der Waals surface area (Å²) in [6, 6.07) is 0. The molecule has 1 aliphatic carbocycles. The van der Waals surface area contributed by atoms with Crippen molar-refractivity contribution in [3.05, 3.63) is 12.7 Å². The number of hydrogen-bond acceptors (Lipinski definition) is 2. The van der Waals surface area contributed by atoms with Gasteiger partial charge in [0.05, 0.1) is 13.2 Å². The van der Waals surface area contributed by atoms with Crippen LogP contribution in [0.25, 0.3) is 0 Å². The number of allylic oxidation sites excluding steroid dienone is 1. The summed E-state index contributed by atoms with van der Waals surface area (Å²) in [4.78, 5) is 0. The smallest absolute Gasteiger partial charge is 0.169 e. The van der Waals surface area contributed by atoms with E-state index in [1.54, 1.807) is 0 Å². The molecule has 2 aliphatic rings. The Labute approximate surface area is 99.0 Å². The maximum atomic E-state index is 6.04. The van der Waals surface area contributed by atoms with Gasteiger partial charge in [0.1, 0.15) is 0 Å². The Morgan fingerprint density at radius 2 is 1.75 bits per heavy atom. The first kappa shape index (κ1) is 12.1. The maximum Gasteiger partial charge on any atom is 0.169 e. The molecule has 1 heterocycles. The number of hydrogen-bond donors (Lipinski definition) is 0. The minimum atomic E-state index is -0.335. The molecule has 0 N–H and O–H groups in total. The minimum absolute atomic E-state index is 0.154. The van der Waals surface area contributed by atoms with Gasteiger partial charge in [-0.3, -0.25) is 0 Å². The Balaban J connectivity index is 2.11. The van der Waals surface area contributed by atoms with E-state index in [1.165, 1.54) is 0 Å². The Hall–Kier alpha value is -0.340. The molecular weight excluding hydrogens is 200 g/mol.